The molecule has 1 heterocycles. The third kappa shape index (κ3) is 6.47. The quantitative estimate of drug-likeness (QED) is 0.151. The molecular weight excluding hydrogens is 544 g/mol. The van der Waals surface area contributed by atoms with E-state index in [-0.39, 0.29) is 28.7 Å². The minimum atomic E-state index is -4.36. The zero-order chi connectivity index (χ0) is 26.6. The molecule has 3 aromatic rings. The highest BCUT2D eigenvalue weighted by molar-refractivity contribution is 8.18. The molecule has 0 bridgehead atoms. The third-order valence-corrected chi connectivity index (χ3v) is 7.35. The lowest BCUT2D eigenvalue weighted by molar-refractivity contribution is -0.385. The lowest BCUT2D eigenvalue weighted by atomic mass is 10.2. The maximum absolute atomic E-state index is 12.8. The van der Waals surface area contributed by atoms with Gasteiger partial charge >= 0.3 is 10.1 Å². The number of nitro benzene ring substituents is 1. The van der Waals surface area contributed by atoms with Crippen molar-refractivity contribution in [1.82, 2.24) is 4.90 Å². The van der Waals surface area contributed by atoms with Crippen LogP contribution in [0.3, 0.4) is 0 Å². The molecule has 0 saturated carbocycles. The van der Waals surface area contributed by atoms with Crippen LogP contribution in [0.5, 0.6) is 11.5 Å². The number of halogens is 1. The topological polar surface area (TPSA) is 133 Å². The van der Waals surface area contributed by atoms with Gasteiger partial charge in [0.15, 0.2) is 0 Å². The van der Waals surface area contributed by atoms with Crippen molar-refractivity contribution in [3.05, 3.63) is 98.4 Å². The van der Waals surface area contributed by atoms with Crippen molar-refractivity contribution in [2.24, 2.45) is 0 Å². The smallest absolute Gasteiger partial charge is 0.339 e. The summed E-state index contributed by atoms with van der Waals surface area (Å²) in [5, 5.41) is 11.0. The van der Waals surface area contributed by atoms with Gasteiger partial charge in [-0.05, 0) is 65.9 Å². The normalized spacial score (nSPS) is 14.7. The van der Waals surface area contributed by atoms with E-state index in [1.807, 2.05) is 0 Å². The Hall–Kier alpha value is -3.87. The molecule has 13 heteroatoms. The maximum atomic E-state index is 12.8. The Labute approximate surface area is 220 Å². The van der Waals surface area contributed by atoms with Crippen molar-refractivity contribution < 1.29 is 31.9 Å². The predicted molar refractivity (Wildman–Crippen MR) is 137 cm³/mol. The van der Waals surface area contributed by atoms with Gasteiger partial charge in [0.25, 0.3) is 16.8 Å². The molecule has 0 aromatic heterocycles. The molecule has 2 amide bonds. The maximum Gasteiger partial charge on any atom is 0.339 e. The number of carbonyl (C=O) groups excluding carboxylic acids is 2. The minimum absolute atomic E-state index is 0.0369. The van der Waals surface area contributed by atoms with E-state index in [1.54, 1.807) is 30.3 Å². The molecule has 0 atom stereocenters. The van der Waals surface area contributed by atoms with Crippen LogP contribution in [0, 0.1) is 10.1 Å². The van der Waals surface area contributed by atoms with Crippen molar-refractivity contribution in [2.75, 3.05) is 13.2 Å². The van der Waals surface area contributed by atoms with Gasteiger partial charge in [0.1, 0.15) is 23.0 Å². The molecular formula is C24H17ClN2O8S2. The van der Waals surface area contributed by atoms with E-state index in [2.05, 4.69) is 0 Å². The molecule has 1 aliphatic rings. The summed E-state index contributed by atoms with van der Waals surface area (Å²) in [6, 6.07) is 17.0. The fourth-order valence-electron chi connectivity index (χ4n) is 3.21. The number of hydrogen-bond donors (Lipinski definition) is 0. The van der Waals surface area contributed by atoms with Gasteiger partial charge in [-0.2, -0.15) is 8.42 Å². The Morgan fingerprint density at radius 2 is 1.73 bits per heavy atom. The van der Waals surface area contributed by atoms with Crippen LogP contribution >= 0.6 is 23.4 Å². The zero-order valence-corrected chi connectivity index (χ0v) is 21.2. The van der Waals surface area contributed by atoms with E-state index in [4.69, 9.17) is 20.5 Å². The minimum Gasteiger partial charge on any atom is -0.492 e. The summed E-state index contributed by atoms with van der Waals surface area (Å²) in [6.07, 6.45) is 1.44. The van der Waals surface area contributed by atoms with Crippen LogP contribution in [0.25, 0.3) is 6.08 Å². The number of carbonyl (C=O) groups is 2. The summed E-state index contributed by atoms with van der Waals surface area (Å²) >= 11 is 6.58. The number of non-ortho nitro benzene ring substituents is 1. The van der Waals surface area contributed by atoms with E-state index >= 15 is 0 Å². The van der Waals surface area contributed by atoms with Gasteiger partial charge in [-0.1, -0.05) is 29.8 Å². The number of rotatable bonds is 9. The van der Waals surface area contributed by atoms with E-state index in [0.717, 1.165) is 28.8 Å². The number of nitro groups is 1. The number of nitrogens with zero attached hydrogens (tertiary/aromatic N) is 2. The second kappa shape index (κ2) is 11.0. The standard InChI is InChI=1S/C24H17ClN2O8S2/c25-17-7-9-19(10-8-17)34-12-11-26-23(28)22(36-24(26)29)14-16-3-1-5-20(13-16)35-37(32,33)21-6-2-4-18(15-21)27(30)31/h1-10,13-15H,11-12H2/b22-14-. The van der Waals surface area contributed by atoms with E-state index in [1.165, 1.54) is 36.4 Å². The van der Waals surface area contributed by atoms with Crippen molar-refractivity contribution in [3.63, 3.8) is 0 Å². The van der Waals surface area contributed by atoms with Gasteiger partial charge in [0.2, 0.25) is 0 Å². The summed E-state index contributed by atoms with van der Waals surface area (Å²) in [5.41, 5.74) is 0.0161. The largest absolute Gasteiger partial charge is 0.492 e. The molecule has 4 rings (SSSR count). The molecule has 10 nitrogen and oxygen atoms in total. The van der Waals surface area contributed by atoms with E-state index < -0.39 is 31.9 Å². The number of thioether (sulfide) groups is 1. The number of benzene rings is 3. The summed E-state index contributed by atoms with van der Waals surface area (Å²) in [7, 11) is -4.36. The van der Waals surface area contributed by atoms with Crippen molar-refractivity contribution in [2.45, 2.75) is 4.90 Å². The highest BCUT2D eigenvalue weighted by Gasteiger charge is 2.34. The molecule has 1 fully saturated rings. The van der Waals surface area contributed by atoms with Gasteiger partial charge in [-0.3, -0.25) is 24.6 Å². The summed E-state index contributed by atoms with van der Waals surface area (Å²) in [5.74, 6) is -0.0371. The van der Waals surface area contributed by atoms with Crippen LogP contribution in [0.15, 0.2) is 82.6 Å². The summed E-state index contributed by atoms with van der Waals surface area (Å²) in [6.45, 7) is 0.126. The summed E-state index contributed by atoms with van der Waals surface area (Å²) < 4.78 is 35.9. The predicted octanol–water partition coefficient (Wildman–Crippen LogP) is 5.13. The van der Waals surface area contributed by atoms with Gasteiger partial charge in [0.05, 0.1) is 16.4 Å². The van der Waals surface area contributed by atoms with Crippen LogP contribution < -0.4 is 8.92 Å². The van der Waals surface area contributed by atoms with Gasteiger partial charge < -0.3 is 8.92 Å². The fraction of sp³-hybridized carbons (Fsp3) is 0.0833. The van der Waals surface area contributed by atoms with Crippen LogP contribution in [-0.2, 0) is 14.9 Å². The molecule has 0 N–H and O–H groups in total. The molecule has 1 aliphatic heterocycles. The highest BCUT2D eigenvalue weighted by atomic mass is 35.5. The Balaban J connectivity index is 1.44. The Bertz CT molecular complexity index is 1510. The van der Waals surface area contributed by atoms with Gasteiger partial charge in [0, 0.05) is 17.2 Å². The van der Waals surface area contributed by atoms with E-state index in [0.29, 0.717) is 16.3 Å². The summed E-state index contributed by atoms with van der Waals surface area (Å²) in [4.78, 5) is 36.2. The lowest BCUT2D eigenvalue weighted by Crippen LogP contribution is -2.32. The second-order valence-corrected chi connectivity index (χ2v) is 10.5. The fourth-order valence-corrected chi connectivity index (χ4v) is 5.17. The van der Waals surface area contributed by atoms with Crippen molar-refractivity contribution >= 4 is 56.4 Å². The van der Waals surface area contributed by atoms with Crippen LogP contribution in [0.4, 0.5) is 10.5 Å². The molecule has 3 aromatic carbocycles. The first-order valence-electron chi connectivity index (χ1n) is 10.6. The van der Waals surface area contributed by atoms with Gasteiger partial charge in [-0.25, -0.2) is 0 Å². The molecule has 1 saturated heterocycles. The number of amides is 2. The Morgan fingerprint density at radius 1 is 1.00 bits per heavy atom. The monoisotopic (exact) mass is 560 g/mol. The van der Waals surface area contributed by atoms with Crippen molar-refractivity contribution in [3.8, 4) is 11.5 Å². The Kier molecular flexibility index (Phi) is 7.81. The molecule has 0 unspecified atom stereocenters. The third-order valence-electron chi connectivity index (χ3n) is 4.95. The first kappa shape index (κ1) is 26.2. The van der Waals surface area contributed by atoms with E-state index in [9.17, 15) is 28.1 Å². The van der Waals surface area contributed by atoms with Gasteiger partial charge in [-0.15, -0.1) is 0 Å². The average molecular weight is 561 g/mol. The molecule has 0 aliphatic carbocycles. The highest BCUT2D eigenvalue weighted by Crippen LogP contribution is 2.33. The number of hydrogen-bond acceptors (Lipinski definition) is 9. The van der Waals surface area contributed by atoms with Crippen molar-refractivity contribution in [1.29, 1.82) is 0 Å². The zero-order valence-electron chi connectivity index (χ0n) is 18.8. The first-order chi connectivity index (χ1) is 17.6. The van der Waals surface area contributed by atoms with Crippen LogP contribution in [0.1, 0.15) is 5.56 Å². The number of ether oxygens (including phenoxy) is 1. The van der Waals surface area contributed by atoms with Crippen LogP contribution in [-0.4, -0.2) is 42.5 Å². The van der Waals surface area contributed by atoms with Crippen LogP contribution in [0.2, 0.25) is 5.02 Å². The lowest BCUT2D eigenvalue weighted by Gasteiger charge is -2.13. The average Bonchev–Trinajstić information content (AvgIpc) is 3.12. The SMILES string of the molecule is O=C1S/C(=C\c2cccc(OS(=O)(=O)c3cccc([N+](=O)[O-])c3)c2)C(=O)N1CCOc1ccc(Cl)cc1. The molecule has 37 heavy (non-hydrogen) atoms. The first-order valence-corrected chi connectivity index (χ1v) is 13.2. The molecule has 0 spiro atoms. The number of imide groups is 1. The molecule has 190 valence electrons. The Morgan fingerprint density at radius 3 is 2.46 bits per heavy atom. The molecule has 0 radical (unpaired) electrons. The second-order valence-electron chi connectivity index (χ2n) is 7.50.